The van der Waals surface area contributed by atoms with Crippen LogP contribution in [-0.2, 0) is 0 Å². The monoisotopic (exact) mass is 297 g/mol. The molecule has 0 atom stereocenters. The van der Waals surface area contributed by atoms with Gasteiger partial charge in [0.15, 0.2) is 0 Å². The molecule has 0 bridgehead atoms. The highest BCUT2D eigenvalue weighted by Crippen LogP contribution is 2.25. The lowest BCUT2D eigenvalue weighted by atomic mass is 10.1. The van der Waals surface area contributed by atoms with E-state index in [9.17, 15) is 13.6 Å². The fourth-order valence-electron chi connectivity index (χ4n) is 1.66. The first-order chi connectivity index (χ1) is 9.52. The molecule has 6 heteroatoms. The lowest BCUT2D eigenvalue weighted by molar-refractivity contribution is 0.102. The summed E-state index contributed by atoms with van der Waals surface area (Å²) in [7, 11) is 1.38. The number of hydrogen-bond donors (Lipinski definition) is 1. The van der Waals surface area contributed by atoms with Crippen LogP contribution in [0.5, 0.6) is 5.75 Å². The minimum atomic E-state index is -0.862. The second-order valence-corrected chi connectivity index (χ2v) is 4.33. The normalized spacial score (nSPS) is 10.2. The number of benzene rings is 2. The average molecular weight is 298 g/mol. The van der Waals surface area contributed by atoms with Crippen molar-refractivity contribution in [1.29, 1.82) is 0 Å². The lowest BCUT2D eigenvalue weighted by Gasteiger charge is -2.10. The Balaban J connectivity index is 2.35. The maximum absolute atomic E-state index is 13.5. The van der Waals surface area contributed by atoms with Crippen LogP contribution in [0, 0.1) is 11.6 Å². The third-order valence-electron chi connectivity index (χ3n) is 2.61. The largest absolute Gasteiger partial charge is 0.496 e. The molecule has 2 aromatic carbocycles. The predicted molar refractivity (Wildman–Crippen MR) is 72.3 cm³/mol. The van der Waals surface area contributed by atoms with Crippen molar-refractivity contribution in [3.8, 4) is 5.75 Å². The first kappa shape index (κ1) is 14.3. The number of hydrogen-bond acceptors (Lipinski definition) is 2. The molecule has 0 aliphatic heterocycles. The highest BCUT2D eigenvalue weighted by atomic mass is 35.5. The topological polar surface area (TPSA) is 38.3 Å². The number of ether oxygens (including phenoxy) is 1. The number of para-hydroxylation sites is 1. The zero-order valence-electron chi connectivity index (χ0n) is 10.4. The molecule has 20 heavy (non-hydrogen) atoms. The molecule has 104 valence electrons. The van der Waals surface area contributed by atoms with Gasteiger partial charge in [0.25, 0.3) is 5.91 Å². The van der Waals surface area contributed by atoms with E-state index in [1.54, 1.807) is 6.07 Å². The molecule has 2 rings (SSSR count). The van der Waals surface area contributed by atoms with Crippen LogP contribution in [0.3, 0.4) is 0 Å². The second-order valence-electron chi connectivity index (χ2n) is 3.90. The van der Waals surface area contributed by atoms with E-state index >= 15 is 0 Å². The molecule has 2 aromatic rings. The van der Waals surface area contributed by atoms with Gasteiger partial charge in [-0.3, -0.25) is 4.79 Å². The van der Waals surface area contributed by atoms with Crippen LogP contribution in [0.25, 0.3) is 0 Å². The Labute approximate surface area is 119 Å². The lowest BCUT2D eigenvalue weighted by Crippen LogP contribution is -2.15. The molecule has 1 amide bonds. The molecule has 0 unspecified atom stereocenters. The molecule has 0 heterocycles. The van der Waals surface area contributed by atoms with Gasteiger partial charge in [0.05, 0.1) is 12.7 Å². The number of carbonyl (C=O) groups is 1. The maximum atomic E-state index is 13.5. The van der Waals surface area contributed by atoms with Gasteiger partial charge in [-0.2, -0.15) is 0 Å². The Morgan fingerprint density at radius 3 is 2.45 bits per heavy atom. The first-order valence-corrected chi connectivity index (χ1v) is 5.99. The van der Waals surface area contributed by atoms with Gasteiger partial charge in [-0.1, -0.05) is 17.7 Å². The van der Waals surface area contributed by atoms with Gasteiger partial charge in [-0.15, -0.1) is 0 Å². The second kappa shape index (κ2) is 5.88. The van der Waals surface area contributed by atoms with Crippen molar-refractivity contribution >= 4 is 23.2 Å². The van der Waals surface area contributed by atoms with E-state index in [0.29, 0.717) is 5.02 Å². The fourth-order valence-corrected chi connectivity index (χ4v) is 1.83. The molecular formula is C14H10ClF2NO2. The quantitative estimate of drug-likeness (QED) is 0.933. The molecule has 0 aromatic heterocycles. The van der Waals surface area contributed by atoms with E-state index in [-0.39, 0.29) is 11.3 Å². The summed E-state index contributed by atoms with van der Waals surface area (Å²) in [5, 5.41) is 2.48. The smallest absolute Gasteiger partial charge is 0.259 e. The van der Waals surface area contributed by atoms with Crippen LogP contribution in [0.15, 0.2) is 36.4 Å². The van der Waals surface area contributed by atoms with E-state index in [2.05, 4.69) is 5.32 Å². The Kier molecular flexibility index (Phi) is 4.20. The minimum Gasteiger partial charge on any atom is -0.496 e. The van der Waals surface area contributed by atoms with Crippen molar-refractivity contribution in [3.63, 3.8) is 0 Å². The van der Waals surface area contributed by atoms with E-state index in [0.717, 1.165) is 12.1 Å². The highest BCUT2D eigenvalue weighted by Gasteiger charge is 2.17. The standard InChI is InChI=1S/C14H10ClF2NO2/c1-20-12-6-5-8(15)7-9(12)14(19)18-13-10(16)3-2-4-11(13)17/h2-7H,1H3,(H,18,19). The Morgan fingerprint density at radius 2 is 1.85 bits per heavy atom. The molecule has 0 fully saturated rings. The van der Waals surface area contributed by atoms with E-state index < -0.39 is 23.2 Å². The summed E-state index contributed by atoms with van der Waals surface area (Å²) >= 11 is 5.80. The average Bonchev–Trinajstić information content (AvgIpc) is 2.43. The summed E-state index contributed by atoms with van der Waals surface area (Å²) in [5.41, 5.74) is -0.429. The van der Waals surface area contributed by atoms with Gasteiger partial charge < -0.3 is 10.1 Å². The van der Waals surface area contributed by atoms with Crippen LogP contribution in [-0.4, -0.2) is 13.0 Å². The SMILES string of the molecule is COc1ccc(Cl)cc1C(=O)Nc1c(F)cccc1F. The number of methoxy groups -OCH3 is 1. The zero-order valence-corrected chi connectivity index (χ0v) is 11.2. The summed E-state index contributed by atoms with van der Waals surface area (Å²) in [6.45, 7) is 0. The highest BCUT2D eigenvalue weighted by molar-refractivity contribution is 6.31. The molecule has 3 nitrogen and oxygen atoms in total. The summed E-state index contributed by atoms with van der Waals surface area (Å²) in [6, 6.07) is 7.70. The molecule has 1 N–H and O–H groups in total. The molecule has 0 radical (unpaired) electrons. The summed E-state index contributed by atoms with van der Waals surface area (Å²) in [6.07, 6.45) is 0. The van der Waals surface area contributed by atoms with Gasteiger partial charge >= 0.3 is 0 Å². The number of amides is 1. The number of rotatable bonds is 3. The Hall–Kier alpha value is -2.14. The first-order valence-electron chi connectivity index (χ1n) is 5.62. The van der Waals surface area contributed by atoms with Crippen molar-refractivity contribution in [2.24, 2.45) is 0 Å². The summed E-state index contributed by atoms with van der Waals surface area (Å²) in [5.74, 6) is -2.18. The van der Waals surface area contributed by atoms with Crippen LogP contribution in [0.2, 0.25) is 5.02 Å². The third kappa shape index (κ3) is 2.88. The number of carbonyl (C=O) groups excluding carboxylic acids is 1. The Bertz CT molecular complexity index is 641. The van der Waals surface area contributed by atoms with Crippen molar-refractivity contribution < 1.29 is 18.3 Å². The van der Waals surface area contributed by atoms with E-state index in [1.807, 2.05) is 0 Å². The van der Waals surface area contributed by atoms with E-state index in [1.165, 1.54) is 25.3 Å². The van der Waals surface area contributed by atoms with Gasteiger partial charge in [0.2, 0.25) is 0 Å². The molecule has 0 spiro atoms. The van der Waals surface area contributed by atoms with Crippen LogP contribution >= 0.6 is 11.6 Å². The van der Waals surface area contributed by atoms with Gasteiger partial charge in [0.1, 0.15) is 23.1 Å². The van der Waals surface area contributed by atoms with Crippen LogP contribution in [0.1, 0.15) is 10.4 Å². The number of halogens is 3. The molecule has 0 aliphatic rings. The van der Waals surface area contributed by atoms with Gasteiger partial charge in [0, 0.05) is 5.02 Å². The third-order valence-corrected chi connectivity index (χ3v) is 2.84. The summed E-state index contributed by atoms with van der Waals surface area (Å²) < 4.78 is 32.0. The Morgan fingerprint density at radius 1 is 1.20 bits per heavy atom. The van der Waals surface area contributed by atoms with Gasteiger partial charge in [-0.25, -0.2) is 8.78 Å². The van der Waals surface area contributed by atoms with Gasteiger partial charge in [-0.05, 0) is 30.3 Å². The van der Waals surface area contributed by atoms with E-state index in [4.69, 9.17) is 16.3 Å². The van der Waals surface area contributed by atoms with Crippen LogP contribution in [0.4, 0.5) is 14.5 Å². The van der Waals surface area contributed by atoms with Crippen molar-refractivity contribution in [1.82, 2.24) is 0 Å². The number of nitrogens with one attached hydrogen (secondary N) is 1. The summed E-state index contributed by atoms with van der Waals surface area (Å²) in [4.78, 5) is 12.1. The zero-order chi connectivity index (χ0) is 14.7. The van der Waals surface area contributed by atoms with Crippen molar-refractivity contribution in [2.75, 3.05) is 12.4 Å². The van der Waals surface area contributed by atoms with Crippen molar-refractivity contribution in [2.45, 2.75) is 0 Å². The fraction of sp³-hybridized carbons (Fsp3) is 0.0714. The molecular weight excluding hydrogens is 288 g/mol. The van der Waals surface area contributed by atoms with Crippen molar-refractivity contribution in [3.05, 3.63) is 58.6 Å². The minimum absolute atomic E-state index is 0.0858. The predicted octanol–water partition coefficient (Wildman–Crippen LogP) is 3.88. The molecule has 0 saturated heterocycles. The number of anilines is 1. The molecule has 0 saturated carbocycles. The maximum Gasteiger partial charge on any atom is 0.259 e. The molecule has 0 aliphatic carbocycles. The van der Waals surface area contributed by atoms with Crippen LogP contribution < -0.4 is 10.1 Å².